The number of hydrogen-bond donors (Lipinski definition) is 2. The summed E-state index contributed by atoms with van der Waals surface area (Å²) in [4.78, 5) is 18.6. The van der Waals surface area contributed by atoms with Crippen molar-refractivity contribution < 1.29 is 0 Å². The van der Waals surface area contributed by atoms with Crippen LogP contribution in [-0.2, 0) is 6.42 Å². The van der Waals surface area contributed by atoms with Crippen LogP contribution in [0, 0.1) is 6.92 Å². The highest BCUT2D eigenvalue weighted by Crippen LogP contribution is 2.13. The van der Waals surface area contributed by atoms with Crippen LogP contribution in [0.4, 0.5) is 11.6 Å². The van der Waals surface area contributed by atoms with E-state index in [9.17, 15) is 4.79 Å². The van der Waals surface area contributed by atoms with Gasteiger partial charge in [0.25, 0.3) is 5.56 Å². The van der Waals surface area contributed by atoms with Gasteiger partial charge >= 0.3 is 0 Å². The maximum atomic E-state index is 11.5. The number of rotatable bonds is 4. The number of benzene rings is 1. The van der Waals surface area contributed by atoms with Crippen LogP contribution in [0.25, 0.3) is 0 Å². The average molecular weight is 243 g/mol. The summed E-state index contributed by atoms with van der Waals surface area (Å²) in [5.41, 5.74) is 2.78. The lowest BCUT2D eigenvalue weighted by Crippen LogP contribution is -2.12. The van der Waals surface area contributed by atoms with Gasteiger partial charge < -0.3 is 5.32 Å². The third-order valence-electron chi connectivity index (χ3n) is 2.58. The summed E-state index contributed by atoms with van der Waals surface area (Å²) in [6, 6.07) is 9.48. The molecule has 0 saturated carbocycles. The van der Waals surface area contributed by atoms with Gasteiger partial charge in [0, 0.05) is 17.4 Å². The second-order valence-corrected chi connectivity index (χ2v) is 4.33. The van der Waals surface area contributed by atoms with Crippen LogP contribution in [0.5, 0.6) is 0 Å². The van der Waals surface area contributed by atoms with Gasteiger partial charge in [-0.25, -0.2) is 4.98 Å². The molecule has 2 rings (SSSR count). The van der Waals surface area contributed by atoms with Crippen LogP contribution in [0.3, 0.4) is 0 Å². The molecule has 1 aromatic carbocycles. The summed E-state index contributed by atoms with van der Waals surface area (Å²) >= 11 is 0. The molecule has 1 heterocycles. The summed E-state index contributed by atoms with van der Waals surface area (Å²) in [6.07, 6.45) is 1.78. The third kappa shape index (κ3) is 3.20. The molecule has 18 heavy (non-hydrogen) atoms. The van der Waals surface area contributed by atoms with E-state index in [2.05, 4.69) is 22.2 Å². The van der Waals surface area contributed by atoms with Gasteiger partial charge in [0.05, 0.1) is 0 Å². The second kappa shape index (κ2) is 5.49. The van der Waals surface area contributed by atoms with Gasteiger partial charge in [0.2, 0.25) is 5.95 Å². The highest BCUT2D eigenvalue weighted by molar-refractivity contribution is 5.54. The Balaban J connectivity index is 2.26. The van der Waals surface area contributed by atoms with Gasteiger partial charge in [0.15, 0.2) is 0 Å². The van der Waals surface area contributed by atoms with Crippen molar-refractivity contribution in [2.24, 2.45) is 0 Å². The Labute approximate surface area is 106 Å². The molecule has 0 amide bonds. The van der Waals surface area contributed by atoms with Crippen molar-refractivity contribution in [2.45, 2.75) is 26.7 Å². The SMILES string of the molecule is CCCc1cc(=O)[nH]c(Nc2cccc(C)c2)n1. The first kappa shape index (κ1) is 12.4. The lowest BCUT2D eigenvalue weighted by atomic mass is 10.2. The molecule has 0 atom stereocenters. The summed E-state index contributed by atoms with van der Waals surface area (Å²) in [6.45, 7) is 4.09. The van der Waals surface area contributed by atoms with Crippen LogP contribution in [0.2, 0.25) is 0 Å². The zero-order chi connectivity index (χ0) is 13.0. The first-order valence-electron chi connectivity index (χ1n) is 6.11. The zero-order valence-corrected chi connectivity index (χ0v) is 10.7. The monoisotopic (exact) mass is 243 g/mol. The lowest BCUT2D eigenvalue weighted by molar-refractivity contribution is 0.870. The molecular weight excluding hydrogens is 226 g/mol. The van der Waals surface area contributed by atoms with E-state index in [1.807, 2.05) is 31.2 Å². The molecule has 0 spiro atoms. The van der Waals surface area contributed by atoms with Crippen LogP contribution in [-0.4, -0.2) is 9.97 Å². The minimum atomic E-state index is -0.122. The normalized spacial score (nSPS) is 10.3. The average Bonchev–Trinajstić information content (AvgIpc) is 2.28. The fourth-order valence-corrected chi connectivity index (χ4v) is 1.81. The molecule has 0 aliphatic carbocycles. The molecule has 4 heteroatoms. The van der Waals surface area contributed by atoms with E-state index >= 15 is 0 Å². The number of nitrogens with zero attached hydrogens (tertiary/aromatic N) is 1. The Morgan fingerprint density at radius 1 is 1.33 bits per heavy atom. The molecule has 94 valence electrons. The Kier molecular flexibility index (Phi) is 3.77. The first-order chi connectivity index (χ1) is 8.67. The molecule has 0 radical (unpaired) electrons. The molecule has 2 aromatic rings. The Bertz CT molecular complexity index is 590. The van der Waals surface area contributed by atoms with Crippen molar-refractivity contribution >= 4 is 11.6 Å². The fraction of sp³-hybridized carbons (Fsp3) is 0.286. The molecular formula is C14H17N3O. The molecule has 1 aromatic heterocycles. The molecule has 0 saturated heterocycles. The van der Waals surface area contributed by atoms with Gasteiger partial charge in [-0.15, -0.1) is 0 Å². The van der Waals surface area contributed by atoms with Gasteiger partial charge in [0.1, 0.15) is 0 Å². The molecule has 0 fully saturated rings. The number of H-pyrrole nitrogens is 1. The quantitative estimate of drug-likeness (QED) is 0.868. The van der Waals surface area contributed by atoms with E-state index in [0.29, 0.717) is 5.95 Å². The second-order valence-electron chi connectivity index (χ2n) is 4.33. The maximum absolute atomic E-state index is 11.5. The van der Waals surface area contributed by atoms with Crippen molar-refractivity contribution in [1.29, 1.82) is 0 Å². The van der Waals surface area contributed by atoms with E-state index in [4.69, 9.17) is 0 Å². The van der Waals surface area contributed by atoms with Crippen LogP contribution >= 0.6 is 0 Å². The van der Waals surface area contributed by atoms with E-state index in [0.717, 1.165) is 29.8 Å². The van der Waals surface area contributed by atoms with Gasteiger partial charge in [-0.05, 0) is 31.0 Å². The Hall–Kier alpha value is -2.10. The summed E-state index contributed by atoms with van der Waals surface area (Å²) < 4.78 is 0. The van der Waals surface area contributed by atoms with E-state index in [-0.39, 0.29) is 5.56 Å². The number of anilines is 2. The van der Waals surface area contributed by atoms with Crippen molar-refractivity contribution in [3.63, 3.8) is 0 Å². The van der Waals surface area contributed by atoms with Crippen molar-refractivity contribution in [1.82, 2.24) is 9.97 Å². The van der Waals surface area contributed by atoms with Crippen LogP contribution < -0.4 is 10.9 Å². The smallest absolute Gasteiger partial charge is 0.252 e. The minimum absolute atomic E-state index is 0.122. The van der Waals surface area contributed by atoms with E-state index in [1.165, 1.54) is 0 Å². The summed E-state index contributed by atoms with van der Waals surface area (Å²) in [7, 11) is 0. The van der Waals surface area contributed by atoms with Gasteiger partial charge in [-0.3, -0.25) is 9.78 Å². The molecule has 0 unspecified atom stereocenters. The molecule has 0 bridgehead atoms. The van der Waals surface area contributed by atoms with Gasteiger partial charge in [-0.2, -0.15) is 0 Å². The van der Waals surface area contributed by atoms with Crippen LogP contribution in [0.15, 0.2) is 35.1 Å². The van der Waals surface area contributed by atoms with Crippen molar-refractivity contribution in [3.05, 3.63) is 51.9 Å². The number of aryl methyl sites for hydroxylation is 2. The number of aromatic nitrogens is 2. The minimum Gasteiger partial charge on any atom is -0.326 e. The van der Waals surface area contributed by atoms with E-state index < -0.39 is 0 Å². The predicted octanol–water partition coefficient (Wildman–Crippen LogP) is 2.77. The highest BCUT2D eigenvalue weighted by Gasteiger charge is 2.01. The molecule has 2 N–H and O–H groups in total. The molecule has 0 aliphatic heterocycles. The predicted molar refractivity (Wildman–Crippen MR) is 73.3 cm³/mol. The molecule has 0 aliphatic rings. The molecule has 4 nitrogen and oxygen atoms in total. The highest BCUT2D eigenvalue weighted by atomic mass is 16.1. The standard InChI is InChI=1S/C14H17N3O/c1-3-5-11-9-13(18)17-14(15-11)16-12-7-4-6-10(2)8-12/h4,6-9H,3,5H2,1-2H3,(H2,15,16,17,18). The van der Waals surface area contributed by atoms with Crippen molar-refractivity contribution in [2.75, 3.05) is 5.32 Å². The Morgan fingerprint density at radius 2 is 2.17 bits per heavy atom. The third-order valence-corrected chi connectivity index (χ3v) is 2.58. The first-order valence-corrected chi connectivity index (χ1v) is 6.11. The number of nitrogens with one attached hydrogen (secondary N) is 2. The number of hydrogen-bond acceptors (Lipinski definition) is 3. The zero-order valence-electron chi connectivity index (χ0n) is 10.7. The number of aromatic amines is 1. The van der Waals surface area contributed by atoms with Gasteiger partial charge in [-0.1, -0.05) is 25.5 Å². The van der Waals surface area contributed by atoms with E-state index in [1.54, 1.807) is 6.07 Å². The largest absolute Gasteiger partial charge is 0.326 e. The van der Waals surface area contributed by atoms with Crippen molar-refractivity contribution in [3.8, 4) is 0 Å². The lowest BCUT2D eigenvalue weighted by Gasteiger charge is -2.07. The summed E-state index contributed by atoms with van der Waals surface area (Å²) in [5, 5.41) is 3.12. The maximum Gasteiger partial charge on any atom is 0.252 e. The summed E-state index contributed by atoms with van der Waals surface area (Å²) in [5.74, 6) is 0.497. The Morgan fingerprint density at radius 3 is 2.89 bits per heavy atom. The topological polar surface area (TPSA) is 57.8 Å². The fourth-order valence-electron chi connectivity index (χ4n) is 1.81. The van der Waals surface area contributed by atoms with Crippen LogP contribution in [0.1, 0.15) is 24.6 Å².